The minimum atomic E-state index is -0.472. The van der Waals surface area contributed by atoms with Gasteiger partial charge in [0.15, 0.2) is 0 Å². The second kappa shape index (κ2) is 11.2. The lowest BCUT2D eigenvalue weighted by atomic mass is 9.91. The topological polar surface area (TPSA) is 37.6 Å². The molecule has 0 aliphatic heterocycles. The minimum Gasteiger partial charge on any atom is -0.338 e. The third-order valence-corrected chi connectivity index (χ3v) is 6.85. The molecule has 3 aromatic carbocycles. The zero-order valence-corrected chi connectivity index (χ0v) is 20.9. The summed E-state index contributed by atoms with van der Waals surface area (Å²) >= 11 is 0. The Labute approximate surface area is 217 Å². The Morgan fingerprint density at radius 1 is 0.865 bits per heavy atom. The molecule has 1 unspecified atom stereocenters. The molecule has 0 aliphatic carbocycles. The highest BCUT2D eigenvalue weighted by atomic mass is 19.1. The van der Waals surface area contributed by atoms with Crippen LogP contribution in [0.1, 0.15) is 40.4 Å². The predicted molar refractivity (Wildman–Crippen MR) is 145 cm³/mol. The number of imidazole rings is 1. The molecule has 1 atom stereocenters. The van der Waals surface area contributed by atoms with Crippen molar-refractivity contribution in [2.45, 2.75) is 32.2 Å². The quantitative estimate of drug-likeness (QED) is 0.234. The second-order valence-corrected chi connectivity index (χ2v) is 9.36. The molecule has 4 nitrogen and oxygen atoms in total. The average molecular weight is 492 g/mol. The Balaban J connectivity index is 1.49. The number of carbonyl (C=O) groups excluding carboxylic acids is 1. The van der Waals surface area contributed by atoms with Gasteiger partial charge in [0.2, 0.25) is 5.91 Å². The molecule has 5 heteroatoms. The molecule has 37 heavy (non-hydrogen) atoms. The molecular weight excluding hydrogens is 461 g/mol. The molecule has 0 radical (unpaired) electrons. The van der Waals surface area contributed by atoms with E-state index in [1.165, 1.54) is 11.6 Å². The highest BCUT2D eigenvalue weighted by molar-refractivity contribution is 5.78. The highest BCUT2D eigenvalue weighted by Gasteiger charge is 2.27. The number of pyridine rings is 1. The zero-order valence-electron chi connectivity index (χ0n) is 20.9. The van der Waals surface area contributed by atoms with E-state index < -0.39 is 5.92 Å². The maximum Gasteiger partial charge on any atom is 0.223 e. The van der Waals surface area contributed by atoms with Gasteiger partial charge in [-0.15, -0.1) is 0 Å². The maximum atomic E-state index is 15.1. The molecule has 1 amide bonds. The van der Waals surface area contributed by atoms with Gasteiger partial charge < -0.3 is 9.30 Å². The number of fused-ring (bicyclic) bond motifs is 1. The van der Waals surface area contributed by atoms with E-state index in [1.54, 1.807) is 18.3 Å². The number of aromatic nitrogens is 2. The molecule has 0 saturated heterocycles. The van der Waals surface area contributed by atoms with E-state index >= 15 is 4.39 Å². The Bertz CT molecular complexity index is 1480. The van der Waals surface area contributed by atoms with E-state index in [1.807, 2.05) is 89.0 Å². The SMILES string of the molecule is Cc1cccc2ncc(C(CC(=O)N(CCc3ccccc3)Cc3ccccc3)c3ccccc3F)n12. The number of hydrogen-bond acceptors (Lipinski definition) is 2. The van der Waals surface area contributed by atoms with Gasteiger partial charge in [-0.3, -0.25) is 4.79 Å². The lowest BCUT2D eigenvalue weighted by molar-refractivity contribution is -0.132. The van der Waals surface area contributed by atoms with Crippen molar-refractivity contribution in [3.05, 3.63) is 143 Å². The molecule has 0 saturated carbocycles. The first-order valence-corrected chi connectivity index (χ1v) is 12.6. The first kappa shape index (κ1) is 24.4. The summed E-state index contributed by atoms with van der Waals surface area (Å²) in [5.74, 6) is -0.806. The van der Waals surface area contributed by atoms with Crippen LogP contribution in [-0.4, -0.2) is 26.7 Å². The van der Waals surface area contributed by atoms with E-state index in [-0.39, 0.29) is 18.1 Å². The largest absolute Gasteiger partial charge is 0.338 e. The fourth-order valence-corrected chi connectivity index (χ4v) is 4.92. The van der Waals surface area contributed by atoms with Crippen molar-refractivity contribution in [3.8, 4) is 0 Å². The smallest absolute Gasteiger partial charge is 0.223 e. The van der Waals surface area contributed by atoms with Gasteiger partial charge in [0, 0.05) is 37.3 Å². The highest BCUT2D eigenvalue weighted by Crippen LogP contribution is 2.32. The maximum absolute atomic E-state index is 15.1. The Morgan fingerprint density at radius 2 is 1.54 bits per heavy atom. The lowest BCUT2D eigenvalue weighted by Gasteiger charge is -2.26. The zero-order chi connectivity index (χ0) is 25.6. The molecule has 0 N–H and O–H groups in total. The van der Waals surface area contributed by atoms with Crippen LogP contribution in [-0.2, 0) is 17.8 Å². The second-order valence-electron chi connectivity index (χ2n) is 9.36. The summed E-state index contributed by atoms with van der Waals surface area (Å²) in [5, 5.41) is 0. The molecule has 2 heterocycles. The van der Waals surface area contributed by atoms with Crippen molar-refractivity contribution in [1.82, 2.24) is 14.3 Å². The molecule has 186 valence electrons. The summed E-state index contributed by atoms with van der Waals surface area (Å²) in [5.41, 5.74) is 5.34. The number of rotatable bonds is 9. The molecule has 0 fully saturated rings. The van der Waals surface area contributed by atoms with E-state index in [0.29, 0.717) is 18.7 Å². The summed E-state index contributed by atoms with van der Waals surface area (Å²) in [6, 6.07) is 32.8. The third-order valence-electron chi connectivity index (χ3n) is 6.85. The van der Waals surface area contributed by atoms with Crippen LogP contribution in [0.4, 0.5) is 4.39 Å². The number of carbonyl (C=O) groups is 1. The van der Waals surface area contributed by atoms with Crippen LogP contribution in [0.5, 0.6) is 0 Å². The molecule has 2 aromatic heterocycles. The molecule has 0 bridgehead atoms. The molecular formula is C32H30FN3O. The van der Waals surface area contributed by atoms with Crippen LogP contribution < -0.4 is 0 Å². The Morgan fingerprint density at radius 3 is 2.27 bits per heavy atom. The molecule has 5 rings (SSSR count). The predicted octanol–water partition coefficient (Wildman–Crippen LogP) is 6.58. The summed E-state index contributed by atoms with van der Waals surface area (Å²) in [6.45, 7) is 3.08. The summed E-state index contributed by atoms with van der Waals surface area (Å²) in [7, 11) is 0. The number of nitrogens with zero attached hydrogens (tertiary/aromatic N) is 3. The Hall–Kier alpha value is -4.25. The fourth-order valence-electron chi connectivity index (χ4n) is 4.92. The van der Waals surface area contributed by atoms with Gasteiger partial charge in [-0.2, -0.15) is 0 Å². The number of halogens is 1. The van der Waals surface area contributed by atoms with Crippen molar-refractivity contribution >= 4 is 11.6 Å². The minimum absolute atomic E-state index is 0.0171. The van der Waals surface area contributed by atoms with E-state index in [4.69, 9.17) is 0 Å². The van der Waals surface area contributed by atoms with Gasteiger partial charge in [0.25, 0.3) is 0 Å². The number of benzene rings is 3. The van der Waals surface area contributed by atoms with Crippen LogP contribution in [0.3, 0.4) is 0 Å². The first-order chi connectivity index (χ1) is 18.1. The molecule has 0 spiro atoms. The monoisotopic (exact) mass is 491 g/mol. The van der Waals surface area contributed by atoms with Gasteiger partial charge in [-0.1, -0.05) is 84.9 Å². The molecule has 0 aliphatic rings. The van der Waals surface area contributed by atoms with Gasteiger partial charge in [0.1, 0.15) is 11.5 Å². The van der Waals surface area contributed by atoms with Gasteiger partial charge in [-0.05, 0) is 48.2 Å². The van der Waals surface area contributed by atoms with Gasteiger partial charge >= 0.3 is 0 Å². The Kier molecular flexibility index (Phi) is 7.41. The van der Waals surface area contributed by atoms with Crippen molar-refractivity contribution in [2.24, 2.45) is 0 Å². The van der Waals surface area contributed by atoms with E-state index in [9.17, 15) is 4.79 Å². The number of hydrogen-bond donors (Lipinski definition) is 0. The van der Waals surface area contributed by atoms with Crippen LogP contribution in [0.2, 0.25) is 0 Å². The van der Waals surface area contributed by atoms with Crippen LogP contribution in [0, 0.1) is 12.7 Å². The summed E-state index contributed by atoms with van der Waals surface area (Å²) in [6.07, 6.45) is 2.67. The van der Waals surface area contributed by atoms with Crippen molar-refractivity contribution in [3.63, 3.8) is 0 Å². The van der Waals surface area contributed by atoms with Crippen LogP contribution in [0.25, 0.3) is 5.65 Å². The van der Waals surface area contributed by atoms with Gasteiger partial charge in [-0.25, -0.2) is 9.37 Å². The molecule has 5 aromatic rings. The average Bonchev–Trinajstić information content (AvgIpc) is 3.36. The van der Waals surface area contributed by atoms with E-state index in [0.717, 1.165) is 29.0 Å². The normalized spacial score (nSPS) is 11.9. The van der Waals surface area contributed by atoms with E-state index in [2.05, 4.69) is 17.1 Å². The van der Waals surface area contributed by atoms with Crippen molar-refractivity contribution in [2.75, 3.05) is 6.54 Å². The van der Waals surface area contributed by atoms with Crippen molar-refractivity contribution < 1.29 is 9.18 Å². The van der Waals surface area contributed by atoms with Crippen LogP contribution in [0.15, 0.2) is 109 Å². The van der Waals surface area contributed by atoms with Crippen LogP contribution >= 0.6 is 0 Å². The van der Waals surface area contributed by atoms with Crippen molar-refractivity contribution in [1.29, 1.82) is 0 Å². The summed E-state index contributed by atoms with van der Waals surface area (Å²) in [4.78, 5) is 20.4. The summed E-state index contributed by atoms with van der Waals surface area (Å²) < 4.78 is 17.2. The lowest BCUT2D eigenvalue weighted by Crippen LogP contribution is -2.34. The first-order valence-electron chi connectivity index (χ1n) is 12.6. The van der Waals surface area contributed by atoms with Gasteiger partial charge in [0.05, 0.1) is 5.69 Å². The number of aryl methyl sites for hydroxylation is 1. The fraction of sp³-hybridized carbons (Fsp3) is 0.188. The third kappa shape index (κ3) is 5.61. The standard InChI is InChI=1S/C32H30FN3O/c1-24-11-10-18-31-34-22-30(36(24)31)28(27-16-8-9-17-29(27)33)21-32(37)35(23-26-14-6-3-7-15-26)20-19-25-12-4-2-5-13-25/h2-18,22,28H,19-21,23H2,1H3. The number of amides is 1.